The molecule has 0 aromatic rings. The summed E-state index contributed by atoms with van der Waals surface area (Å²) in [5, 5.41) is 0. The standard InChI is InChI=1S/C13H25PS/c1-14(15,12-8-4-2-5-9-12)13-10-6-3-7-11-13/h12-13H,2-11H2,1H3. The second-order valence-electron chi connectivity index (χ2n) is 5.64. The van der Waals surface area contributed by atoms with E-state index in [-0.39, 0.29) is 0 Å². The number of hydrogen-bond acceptors (Lipinski definition) is 1. The summed E-state index contributed by atoms with van der Waals surface area (Å²) in [6.45, 7) is 2.49. The topological polar surface area (TPSA) is 0 Å². The predicted octanol–water partition coefficient (Wildman–Crippen LogP) is 4.76. The maximum atomic E-state index is 6.09. The van der Waals surface area contributed by atoms with Gasteiger partial charge < -0.3 is 0 Å². The second-order valence-corrected chi connectivity index (χ2v) is 11.6. The molecule has 0 aliphatic heterocycles. The van der Waals surface area contributed by atoms with Crippen LogP contribution in [0.2, 0.25) is 0 Å². The van der Waals surface area contributed by atoms with E-state index >= 15 is 0 Å². The summed E-state index contributed by atoms with van der Waals surface area (Å²) in [6, 6.07) is -1.01. The molecule has 0 N–H and O–H groups in total. The Bertz CT molecular complexity index is 215. The van der Waals surface area contributed by atoms with Gasteiger partial charge in [-0.3, -0.25) is 0 Å². The van der Waals surface area contributed by atoms with Crippen molar-refractivity contribution >= 4 is 17.8 Å². The van der Waals surface area contributed by atoms with E-state index in [1.807, 2.05) is 0 Å². The van der Waals surface area contributed by atoms with Gasteiger partial charge in [-0.1, -0.05) is 50.3 Å². The van der Waals surface area contributed by atoms with Crippen molar-refractivity contribution in [2.75, 3.05) is 6.66 Å². The van der Waals surface area contributed by atoms with Crippen LogP contribution in [-0.2, 0) is 11.8 Å². The zero-order valence-electron chi connectivity index (χ0n) is 10.1. The minimum absolute atomic E-state index is 0.962. The quantitative estimate of drug-likeness (QED) is 0.631. The Labute approximate surface area is 100 Å². The van der Waals surface area contributed by atoms with Crippen LogP contribution in [0.3, 0.4) is 0 Å². The third-order valence-electron chi connectivity index (χ3n) is 4.60. The predicted molar refractivity (Wildman–Crippen MR) is 74.0 cm³/mol. The molecule has 0 aromatic heterocycles. The van der Waals surface area contributed by atoms with E-state index in [4.69, 9.17) is 11.8 Å². The van der Waals surface area contributed by atoms with Crippen molar-refractivity contribution in [3.8, 4) is 0 Å². The summed E-state index contributed by atoms with van der Waals surface area (Å²) >= 11 is 6.09. The summed E-state index contributed by atoms with van der Waals surface area (Å²) in [5.74, 6) is 0. The molecule has 88 valence electrons. The van der Waals surface area contributed by atoms with E-state index in [0.29, 0.717) is 0 Å². The molecule has 0 atom stereocenters. The van der Waals surface area contributed by atoms with Crippen molar-refractivity contribution in [1.82, 2.24) is 0 Å². The van der Waals surface area contributed by atoms with Gasteiger partial charge in [0, 0.05) is 0 Å². The van der Waals surface area contributed by atoms with Crippen molar-refractivity contribution < 1.29 is 0 Å². The largest absolute Gasteiger partial charge is 0.0972 e. The molecule has 0 heterocycles. The van der Waals surface area contributed by atoms with Crippen LogP contribution >= 0.6 is 6.04 Å². The van der Waals surface area contributed by atoms with Crippen molar-refractivity contribution in [2.45, 2.75) is 75.5 Å². The van der Waals surface area contributed by atoms with E-state index in [0.717, 1.165) is 11.3 Å². The molecule has 2 aliphatic carbocycles. The highest BCUT2D eigenvalue weighted by Gasteiger charge is 2.33. The van der Waals surface area contributed by atoms with Gasteiger partial charge in [0.25, 0.3) is 0 Å². The van der Waals surface area contributed by atoms with Crippen LogP contribution in [0.15, 0.2) is 0 Å². The van der Waals surface area contributed by atoms with Crippen LogP contribution in [0.25, 0.3) is 0 Å². The second kappa shape index (κ2) is 5.32. The average Bonchev–Trinajstić information content (AvgIpc) is 2.31. The minimum atomic E-state index is -1.01. The van der Waals surface area contributed by atoms with Crippen molar-refractivity contribution in [3.63, 3.8) is 0 Å². The first-order chi connectivity index (χ1) is 7.21. The highest BCUT2D eigenvalue weighted by molar-refractivity contribution is 8.14. The molecular weight excluding hydrogens is 219 g/mol. The van der Waals surface area contributed by atoms with Crippen LogP contribution in [-0.4, -0.2) is 18.0 Å². The van der Waals surface area contributed by atoms with E-state index in [2.05, 4.69) is 6.66 Å². The summed E-state index contributed by atoms with van der Waals surface area (Å²) in [6.07, 6.45) is 14.6. The Kier molecular flexibility index (Phi) is 4.30. The van der Waals surface area contributed by atoms with Crippen molar-refractivity contribution in [2.24, 2.45) is 0 Å². The third-order valence-corrected chi connectivity index (χ3v) is 10.3. The average molecular weight is 244 g/mol. The van der Waals surface area contributed by atoms with E-state index in [1.165, 1.54) is 64.2 Å². The number of hydrogen-bond donors (Lipinski definition) is 0. The summed E-state index contributed by atoms with van der Waals surface area (Å²) in [7, 11) is 0. The zero-order valence-corrected chi connectivity index (χ0v) is 11.8. The molecule has 0 unspecified atom stereocenters. The SMILES string of the molecule is CP(=S)(C1CCCCC1)C1CCCCC1. The monoisotopic (exact) mass is 244 g/mol. The fourth-order valence-electron chi connectivity index (χ4n) is 3.49. The van der Waals surface area contributed by atoms with Crippen LogP contribution in [0.4, 0.5) is 0 Å². The molecule has 0 amide bonds. The Morgan fingerprint density at radius 1 is 0.733 bits per heavy atom. The van der Waals surface area contributed by atoms with Crippen molar-refractivity contribution in [3.05, 3.63) is 0 Å². The van der Waals surface area contributed by atoms with E-state index in [1.54, 1.807) is 0 Å². The molecule has 0 bridgehead atoms. The van der Waals surface area contributed by atoms with Gasteiger partial charge in [-0.15, -0.1) is 0 Å². The normalized spacial score (nSPS) is 26.7. The zero-order chi connectivity index (χ0) is 10.7. The van der Waals surface area contributed by atoms with Gasteiger partial charge >= 0.3 is 0 Å². The molecule has 0 nitrogen and oxygen atoms in total. The molecule has 2 saturated carbocycles. The van der Waals surface area contributed by atoms with E-state index < -0.39 is 6.04 Å². The highest BCUT2D eigenvalue weighted by atomic mass is 32.4. The van der Waals surface area contributed by atoms with Gasteiger partial charge in [0.05, 0.1) is 0 Å². The van der Waals surface area contributed by atoms with Crippen LogP contribution in [0.5, 0.6) is 0 Å². The van der Waals surface area contributed by atoms with Gasteiger partial charge in [-0.05, 0) is 49.7 Å². The molecule has 0 radical (unpaired) electrons. The lowest BCUT2D eigenvalue weighted by Crippen LogP contribution is -2.22. The summed E-state index contributed by atoms with van der Waals surface area (Å²) < 4.78 is 0. The lowest BCUT2D eigenvalue weighted by molar-refractivity contribution is 0.485. The third kappa shape index (κ3) is 2.86. The fraction of sp³-hybridized carbons (Fsp3) is 1.00. The molecule has 0 saturated heterocycles. The van der Waals surface area contributed by atoms with Crippen molar-refractivity contribution in [1.29, 1.82) is 0 Å². The molecule has 0 spiro atoms. The van der Waals surface area contributed by atoms with Crippen LogP contribution in [0.1, 0.15) is 64.2 Å². The van der Waals surface area contributed by atoms with Crippen LogP contribution in [0, 0.1) is 0 Å². The lowest BCUT2D eigenvalue weighted by Gasteiger charge is -2.39. The number of rotatable bonds is 2. The summed E-state index contributed by atoms with van der Waals surface area (Å²) in [5.41, 5.74) is 1.92. The first-order valence-corrected chi connectivity index (χ1v) is 10.2. The van der Waals surface area contributed by atoms with Gasteiger partial charge in [-0.25, -0.2) is 0 Å². The molecule has 2 aliphatic rings. The maximum Gasteiger partial charge on any atom is -0.0118 e. The van der Waals surface area contributed by atoms with Gasteiger partial charge in [0.2, 0.25) is 0 Å². The molecule has 15 heavy (non-hydrogen) atoms. The minimum Gasteiger partial charge on any atom is -0.0972 e. The first-order valence-electron chi connectivity index (χ1n) is 6.78. The maximum absolute atomic E-state index is 6.09. The van der Waals surface area contributed by atoms with Crippen LogP contribution < -0.4 is 0 Å². The van der Waals surface area contributed by atoms with Gasteiger partial charge in [0.15, 0.2) is 0 Å². The van der Waals surface area contributed by atoms with Gasteiger partial charge in [0.1, 0.15) is 0 Å². The fourth-order valence-corrected chi connectivity index (χ4v) is 8.13. The lowest BCUT2D eigenvalue weighted by atomic mass is 9.99. The Hall–Kier alpha value is 0.650. The Morgan fingerprint density at radius 2 is 1.07 bits per heavy atom. The van der Waals surface area contributed by atoms with Gasteiger partial charge in [-0.2, -0.15) is 0 Å². The first kappa shape index (κ1) is 12.1. The highest BCUT2D eigenvalue weighted by Crippen LogP contribution is 2.60. The van der Waals surface area contributed by atoms with E-state index in [9.17, 15) is 0 Å². The molecule has 2 rings (SSSR count). The smallest absolute Gasteiger partial charge is 0.0118 e. The Balaban J connectivity index is 1.99. The molecule has 2 heteroatoms. The molecule has 0 aromatic carbocycles. The summed E-state index contributed by atoms with van der Waals surface area (Å²) in [4.78, 5) is 0. The Morgan fingerprint density at radius 3 is 1.40 bits per heavy atom. The molecule has 2 fully saturated rings. The molecular formula is C13H25PS.